The second-order valence-electron chi connectivity index (χ2n) is 3.59. The van der Waals surface area contributed by atoms with Gasteiger partial charge < -0.3 is 14.2 Å². The third-order valence-corrected chi connectivity index (χ3v) is 2.17. The summed E-state index contributed by atoms with van der Waals surface area (Å²) < 4.78 is 15.3. The van der Waals surface area contributed by atoms with E-state index in [4.69, 9.17) is 20.1 Å². The Morgan fingerprint density at radius 1 is 1.40 bits per heavy atom. The molecule has 1 heterocycles. The number of hydrogen-bond acceptors (Lipinski definition) is 9. The van der Waals surface area contributed by atoms with Gasteiger partial charge in [0.2, 0.25) is 5.95 Å². The van der Waals surface area contributed by atoms with Gasteiger partial charge in [0.05, 0.1) is 24.7 Å². The number of nitrogens with zero attached hydrogens (tertiary/aromatic N) is 3. The monoisotopic (exact) mass is 287 g/mol. The molecular formula is C10H17N5O5. The number of methoxy groups -OCH3 is 1. The molecule has 0 radical (unpaired) electrons. The average molecular weight is 287 g/mol. The van der Waals surface area contributed by atoms with E-state index in [-0.39, 0.29) is 24.1 Å². The lowest BCUT2D eigenvalue weighted by molar-refractivity contribution is -0.386. The summed E-state index contributed by atoms with van der Waals surface area (Å²) in [5.41, 5.74) is 1.88. The maximum Gasteiger partial charge on any atom is 0.349 e. The minimum absolute atomic E-state index is 0.0435. The summed E-state index contributed by atoms with van der Waals surface area (Å²) in [5, 5.41) is 10.8. The number of anilines is 1. The molecule has 3 N–H and O–H groups in total. The first-order chi connectivity index (χ1) is 9.69. The SMILES string of the molecule is COCCOCCCOc1nc(NN)ncc1[N+](=O)[O-]. The Labute approximate surface area is 115 Å². The van der Waals surface area contributed by atoms with Crippen LogP contribution in [-0.2, 0) is 9.47 Å². The van der Waals surface area contributed by atoms with Gasteiger partial charge in [-0.2, -0.15) is 4.98 Å². The Morgan fingerprint density at radius 3 is 2.85 bits per heavy atom. The van der Waals surface area contributed by atoms with Crippen LogP contribution in [0.2, 0.25) is 0 Å². The van der Waals surface area contributed by atoms with Gasteiger partial charge in [-0.05, 0) is 0 Å². The molecule has 1 rings (SSSR count). The largest absolute Gasteiger partial charge is 0.473 e. The number of nitrogens with two attached hydrogens (primary N) is 1. The van der Waals surface area contributed by atoms with Crippen molar-refractivity contribution in [3.8, 4) is 5.88 Å². The van der Waals surface area contributed by atoms with Gasteiger partial charge in [-0.1, -0.05) is 0 Å². The summed E-state index contributed by atoms with van der Waals surface area (Å²) >= 11 is 0. The summed E-state index contributed by atoms with van der Waals surface area (Å²) in [6.45, 7) is 1.70. The third kappa shape index (κ3) is 5.30. The number of nitrogen functional groups attached to an aromatic ring is 1. The van der Waals surface area contributed by atoms with Gasteiger partial charge in [0.1, 0.15) is 6.20 Å². The normalized spacial score (nSPS) is 10.3. The van der Waals surface area contributed by atoms with Crippen molar-refractivity contribution in [3.63, 3.8) is 0 Å². The summed E-state index contributed by atoms with van der Waals surface area (Å²) in [7, 11) is 1.59. The molecule has 0 aliphatic heterocycles. The highest BCUT2D eigenvalue weighted by Gasteiger charge is 2.18. The summed E-state index contributed by atoms with van der Waals surface area (Å²) in [4.78, 5) is 17.6. The summed E-state index contributed by atoms with van der Waals surface area (Å²) in [6, 6.07) is 0. The van der Waals surface area contributed by atoms with Crippen molar-refractivity contribution in [2.45, 2.75) is 6.42 Å². The number of hydrazine groups is 1. The highest BCUT2D eigenvalue weighted by molar-refractivity contribution is 5.42. The van der Waals surface area contributed by atoms with Crippen molar-refractivity contribution in [1.82, 2.24) is 9.97 Å². The van der Waals surface area contributed by atoms with Crippen molar-refractivity contribution in [1.29, 1.82) is 0 Å². The van der Waals surface area contributed by atoms with Crippen molar-refractivity contribution in [2.75, 3.05) is 39.0 Å². The standard InChI is InChI=1S/C10H17N5O5/c1-18-5-6-19-3-2-4-20-9-8(15(16)17)7-12-10(13-9)14-11/h7H,2-6,11H2,1H3,(H,12,13,14). The molecule has 0 aromatic carbocycles. The predicted octanol–water partition coefficient (Wildman–Crippen LogP) is 0.102. The number of hydrogen-bond donors (Lipinski definition) is 2. The van der Waals surface area contributed by atoms with Gasteiger partial charge in [0.15, 0.2) is 0 Å². The molecular weight excluding hydrogens is 270 g/mol. The number of rotatable bonds is 10. The summed E-state index contributed by atoms with van der Waals surface area (Å²) in [5.74, 6) is 5.05. The zero-order valence-corrected chi connectivity index (χ0v) is 11.1. The number of nitrogens with one attached hydrogen (secondary N) is 1. The maximum atomic E-state index is 10.8. The fraction of sp³-hybridized carbons (Fsp3) is 0.600. The Balaban J connectivity index is 2.43. The van der Waals surface area contributed by atoms with Crippen LogP contribution in [0, 0.1) is 10.1 Å². The maximum absolute atomic E-state index is 10.8. The van der Waals surface area contributed by atoms with Gasteiger partial charge >= 0.3 is 5.69 Å². The molecule has 0 saturated carbocycles. The predicted molar refractivity (Wildman–Crippen MR) is 69.3 cm³/mol. The van der Waals surface area contributed by atoms with Crippen molar-refractivity contribution in [2.24, 2.45) is 5.84 Å². The van der Waals surface area contributed by atoms with Crippen molar-refractivity contribution < 1.29 is 19.1 Å². The van der Waals surface area contributed by atoms with E-state index >= 15 is 0 Å². The first-order valence-corrected chi connectivity index (χ1v) is 5.86. The molecule has 0 amide bonds. The van der Waals surface area contributed by atoms with Crippen LogP contribution in [0.3, 0.4) is 0 Å². The zero-order chi connectivity index (χ0) is 14.8. The van der Waals surface area contributed by atoms with Crippen LogP contribution in [-0.4, -0.2) is 48.4 Å². The second-order valence-corrected chi connectivity index (χ2v) is 3.59. The summed E-state index contributed by atoms with van der Waals surface area (Å²) in [6.07, 6.45) is 1.60. The zero-order valence-electron chi connectivity index (χ0n) is 11.1. The van der Waals surface area contributed by atoms with E-state index < -0.39 is 4.92 Å². The van der Waals surface area contributed by atoms with Gasteiger partial charge in [0, 0.05) is 20.1 Å². The van der Waals surface area contributed by atoms with Gasteiger partial charge in [0.25, 0.3) is 5.88 Å². The Morgan fingerprint density at radius 2 is 2.20 bits per heavy atom. The molecule has 0 atom stereocenters. The molecule has 0 aliphatic carbocycles. The smallest absolute Gasteiger partial charge is 0.349 e. The van der Waals surface area contributed by atoms with E-state index in [1.54, 1.807) is 7.11 Å². The van der Waals surface area contributed by atoms with E-state index in [0.717, 1.165) is 6.20 Å². The molecule has 1 aromatic rings. The van der Waals surface area contributed by atoms with Crippen LogP contribution in [0.15, 0.2) is 6.20 Å². The lowest BCUT2D eigenvalue weighted by Gasteiger charge is -2.07. The molecule has 10 nitrogen and oxygen atoms in total. The minimum Gasteiger partial charge on any atom is -0.473 e. The molecule has 0 aliphatic rings. The molecule has 0 saturated heterocycles. The van der Waals surface area contributed by atoms with Crippen LogP contribution in [0.5, 0.6) is 5.88 Å². The van der Waals surface area contributed by atoms with E-state index in [9.17, 15) is 10.1 Å². The fourth-order valence-electron chi connectivity index (χ4n) is 1.23. The Bertz CT molecular complexity index is 430. The first-order valence-electron chi connectivity index (χ1n) is 5.86. The molecule has 0 spiro atoms. The quantitative estimate of drug-likeness (QED) is 0.266. The van der Waals surface area contributed by atoms with E-state index in [2.05, 4.69) is 15.4 Å². The van der Waals surface area contributed by atoms with E-state index in [1.165, 1.54) is 0 Å². The lowest BCUT2D eigenvalue weighted by atomic mass is 10.5. The molecule has 20 heavy (non-hydrogen) atoms. The second kappa shape index (κ2) is 8.96. The first kappa shape index (κ1) is 16.0. The minimum atomic E-state index is -0.620. The van der Waals surface area contributed by atoms with Crippen LogP contribution >= 0.6 is 0 Å². The van der Waals surface area contributed by atoms with Gasteiger partial charge in [-0.3, -0.25) is 15.5 Å². The van der Waals surface area contributed by atoms with Gasteiger partial charge in [-0.15, -0.1) is 0 Å². The highest BCUT2D eigenvalue weighted by Crippen LogP contribution is 2.24. The number of aromatic nitrogens is 2. The van der Waals surface area contributed by atoms with Crippen LogP contribution < -0.4 is 16.0 Å². The number of nitro groups is 1. The highest BCUT2D eigenvalue weighted by atomic mass is 16.6. The van der Waals surface area contributed by atoms with Gasteiger partial charge in [-0.25, -0.2) is 10.8 Å². The third-order valence-electron chi connectivity index (χ3n) is 2.17. The molecule has 10 heteroatoms. The molecule has 0 unspecified atom stereocenters. The van der Waals surface area contributed by atoms with Crippen LogP contribution in [0.4, 0.5) is 11.6 Å². The Hall–Kier alpha value is -2.04. The van der Waals surface area contributed by atoms with Crippen LogP contribution in [0.25, 0.3) is 0 Å². The van der Waals surface area contributed by atoms with Crippen molar-refractivity contribution in [3.05, 3.63) is 16.3 Å². The molecule has 0 fully saturated rings. The lowest BCUT2D eigenvalue weighted by Crippen LogP contribution is -2.13. The van der Waals surface area contributed by atoms with E-state index in [0.29, 0.717) is 26.2 Å². The topological polar surface area (TPSA) is 135 Å². The Kier molecular flexibility index (Phi) is 7.17. The average Bonchev–Trinajstić information content (AvgIpc) is 2.45. The van der Waals surface area contributed by atoms with E-state index in [1.807, 2.05) is 0 Å². The van der Waals surface area contributed by atoms with Crippen molar-refractivity contribution >= 4 is 11.6 Å². The number of ether oxygens (including phenoxy) is 3. The molecule has 0 bridgehead atoms. The molecule has 112 valence electrons. The van der Waals surface area contributed by atoms with Crippen LogP contribution in [0.1, 0.15) is 6.42 Å². The fourth-order valence-corrected chi connectivity index (χ4v) is 1.23. The molecule has 1 aromatic heterocycles.